The fourth-order valence-corrected chi connectivity index (χ4v) is 6.65. The summed E-state index contributed by atoms with van der Waals surface area (Å²) >= 11 is 6.60. The standard InChI is InChI=1S/C28H25ClN4O2S/c1-31-15-17-32(18-16-31)22-10-7-20(8-11-22)21-9-12-26-24(19-21)27-25(29)13-14-30-28(27)33(26)36(34,35)23-5-3-2-4-6-23/h2-14,19H,15-18H2,1H3. The third kappa shape index (κ3) is 3.84. The molecule has 1 aliphatic heterocycles. The molecule has 0 saturated carbocycles. The number of anilines is 1. The average Bonchev–Trinajstić information content (AvgIpc) is 3.25. The summed E-state index contributed by atoms with van der Waals surface area (Å²) in [5.41, 5.74) is 4.13. The summed E-state index contributed by atoms with van der Waals surface area (Å²) in [5.74, 6) is 0. The Morgan fingerprint density at radius 2 is 1.53 bits per heavy atom. The highest BCUT2D eigenvalue weighted by molar-refractivity contribution is 7.90. The molecule has 0 bridgehead atoms. The molecule has 0 unspecified atom stereocenters. The van der Waals surface area contributed by atoms with Crippen molar-refractivity contribution in [3.05, 3.63) is 90.1 Å². The summed E-state index contributed by atoms with van der Waals surface area (Å²) in [6.45, 7) is 4.15. The van der Waals surface area contributed by atoms with Crippen LogP contribution in [-0.2, 0) is 10.0 Å². The quantitative estimate of drug-likeness (QED) is 0.316. The number of pyridine rings is 1. The number of aromatic nitrogens is 2. The molecule has 2 aromatic heterocycles. The Hall–Kier alpha value is -3.39. The lowest BCUT2D eigenvalue weighted by Crippen LogP contribution is -2.44. The molecule has 0 amide bonds. The second kappa shape index (κ2) is 8.92. The molecule has 3 aromatic carbocycles. The van der Waals surface area contributed by atoms with Gasteiger partial charge in [-0.1, -0.05) is 48.0 Å². The van der Waals surface area contributed by atoms with E-state index in [1.165, 1.54) is 9.66 Å². The minimum Gasteiger partial charge on any atom is -0.369 e. The molecule has 182 valence electrons. The monoisotopic (exact) mass is 516 g/mol. The molecule has 36 heavy (non-hydrogen) atoms. The Balaban J connectivity index is 1.47. The average molecular weight is 517 g/mol. The number of hydrogen-bond acceptors (Lipinski definition) is 5. The summed E-state index contributed by atoms with van der Waals surface area (Å²) in [6, 6.07) is 24.5. The van der Waals surface area contributed by atoms with Gasteiger partial charge in [-0.25, -0.2) is 17.4 Å². The first-order chi connectivity index (χ1) is 17.4. The van der Waals surface area contributed by atoms with E-state index in [0.29, 0.717) is 21.6 Å². The number of nitrogens with zero attached hydrogens (tertiary/aromatic N) is 4. The predicted octanol–water partition coefficient (Wildman–Crippen LogP) is 5.50. The van der Waals surface area contributed by atoms with Crippen molar-refractivity contribution >= 4 is 49.2 Å². The minimum atomic E-state index is -3.88. The van der Waals surface area contributed by atoms with Gasteiger partial charge in [0.2, 0.25) is 0 Å². The van der Waals surface area contributed by atoms with E-state index in [2.05, 4.69) is 46.1 Å². The maximum absolute atomic E-state index is 13.7. The van der Waals surface area contributed by atoms with E-state index in [9.17, 15) is 8.42 Å². The topological polar surface area (TPSA) is 58.4 Å². The smallest absolute Gasteiger partial charge is 0.269 e. The van der Waals surface area contributed by atoms with E-state index in [1.807, 2.05) is 18.2 Å². The molecule has 6 rings (SSSR count). The summed E-state index contributed by atoms with van der Waals surface area (Å²) in [4.78, 5) is 9.38. The maximum atomic E-state index is 13.7. The molecule has 0 atom stereocenters. The second-order valence-electron chi connectivity index (χ2n) is 9.14. The molecule has 5 aromatic rings. The molecule has 1 fully saturated rings. The molecular weight excluding hydrogens is 492 g/mol. The third-order valence-electron chi connectivity index (χ3n) is 6.91. The van der Waals surface area contributed by atoms with E-state index < -0.39 is 10.0 Å². The minimum absolute atomic E-state index is 0.203. The van der Waals surface area contributed by atoms with Crippen molar-refractivity contribution in [1.29, 1.82) is 0 Å². The molecule has 0 aliphatic carbocycles. The van der Waals surface area contributed by atoms with Crippen molar-refractivity contribution < 1.29 is 8.42 Å². The van der Waals surface area contributed by atoms with Crippen molar-refractivity contribution in [2.24, 2.45) is 0 Å². The maximum Gasteiger partial charge on any atom is 0.269 e. The zero-order valence-electron chi connectivity index (χ0n) is 19.8. The summed E-state index contributed by atoms with van der Waals surface area (Å²) in [7, 11) is -1.73. The van der Waals surface area contributed by atoms with Crippen molar-refractivity contribution in [3.63, 3.8) is 0 Å². The van der Waals surface area contributed by atoms with Gasteiger partial charge >= 0.3 is 0 Å². The highest BCUT2D eigenvalue weighted by Gasteiger charge is 2.25. The zero-order valence-corrected chi connectivity index (χ0v) is 21.4. The Morgan fingerprint density at radius 1 is 0.833 bits per heavy atom. The fourth-order valence-electron chi connectivity index (χ4n) is 4.91. The fraction of sp³-hybridized carbons (Fsp3) is 0.179. The highest BCUT2D eigenvalue weighted by Crippen LogP contribution is 2.37. The number of piperazine rings is 1. The van der Waals surface area contributed by atoms with Crippen LogP contribution in [0.4, 0.5) is 5.69 Å². The second-order valence-corrected chi connectivity index (χ2v) is 11.3. The van der Waals surface area contributed by atoms with Crippen LogP contribution in [0.3, 0.4) is 0 Å². The number of halogens is 1. The largest absolute Gasteiger partial charge is 0.369 e. The van der Waals surface area contributed by atoms with E-state index in [4.69, 9.17) is 11.6 Å². The summed E-state index contributed by atoms with van der Waals surface area (Å²) in [5, 5.41) is 1.85. The Labute approximate surface area is 215 Å². The van der Waals surface area contributed by atoms with Gasteiger partial charge in [0.15, 0.2) is 5.65 Å². The van der Waals surface area contributed by atoms with E-state index in [0.717, 1.165) is 42.7 Å². The highest BCUT2D eigenvalue weighted by atomic mass is 35.5. The van der Waals surface area contributed by atoms with Gasteiger partial charge in [0.25, 0.3) is 10.0 Å². The summed E-state index contributed by atoms with van der Waals surface area (Å²) in [6.07, 6.45) is 1.54. The molecule has 8 heteroatoms. The van der Waals surface area contributed by atoms with Crippen LogP contribution in [0.1, 0.15) is 0 Å². The first-order valence-electron chi connectivity index (χ1n) is 11.9. The van der Waals surface area contributed by atoms with E-state index in [-0.39, 0.29) is 4.90 Å². The zero-order chi connectivity index (χ0) is 24.9. The van der Waals surface area contributed by atoms with Gasteiger partial charge in [0, 0.05) is 48.8 Å². The van der Waals surface area contributed by atoms with Gasteiger partial charge in [-0.2, -0.15) is 0 Å². The lowest BCUT2D eigenvalue weighted by molar-refractivity contribution is 0.313. The normalized spacial score (nSPS) is 15.1. The van der Waals surface area contributed by atoms with Crippen molar-refractivity contribution in [3.8, 4) is 11.1 Å². The molecule has 1 aliphatic rings. The molecule has 1 saturated heterocycles. The van der Waals surface area contributed by atoms with Crippen LogP contribution in [0, 0.1) is 0 Å². The third-order valence-corrected chi connectivity index (χ3v) is 8.94. The molecule has 0 spiro atoms. The number of benzene rings is 3. The van der Waals surface area contributed by atoms with Crippen LogP contribution in [-0.4, -0.2) is 55.5 Å². The first kappa shape index (κ1) is 23.0. The van der Waals surface area contributed by atoms with Crippen LogP contribution in [0.25, 0.3) is 33.1 Å². The van der Waals surface area contributed by atoms with Crippen molar-refractivity contribution in [2.75, 3.05) is 38.1 Å². The predicted molar refractivity (Wildman–Crippen MR) is 146 cm³/mol. The molecule has 6 nitrogen and oxygen atoms in total. The van der Waals surface area contributed by atoms with E-state index >= 15 is 0 Å². The van der Waals surface area contributed by atoms with Gasteiger partial charge < -0.3 is 9.80 Å². The van der Waals surface area contributed by atoms with E-state index in [1.54, 1.807) is 42.6 Å². The Kier molecular flexibility index (Phi) is 5.71. The Morgan fingerprint density at radius 3 is 2.25 bits per heavy atom. The van der Waals surface area contributed by atoms with Gasteiger partial charge in [-0.05, 0) is 60.6 Å². The van der Waals surface area contributed by atoms with Gasteiger partial charge in [0.05, 0.1) is 15.4 Å². The lowest BCUT2D eigenvalue weighted by atomic mass is 10.0. The van der Waals surface area contributed by atoms with Gasteiger partial charge in [0.1, 0.15) is 0 Å². The van der Waals surface area contributed by atoms with Gasteiger partial charge in [-0.3, -0.25) is 0 Å². The first-order valence-corrected chi connectivity index (χ1v) is 13.7. The van der Waals surface area contributed by atoms with Gasteiger partial charge in [-0.15, -0.1) is 0 Å². The molecular formula is C28H25ClN4O2S. The lowest BCUT2D eigenvalue weighted by Gasteiger charge is -2.34. The number of likely N-dealkylation sites (N-methyl/N-ethyl adjacent to an activating group) is 1. The number of rotatable bonds is 4. The van der Waals surface area contributed by atoms with Crippen LogP contribution >= 0.6 is 11.6 Å². The molecule has 3 heterocycles. The SMILES string of the molecule is CN1CCN(c2ccc(-c3ccc4c(c3)c3c(Cl)ccnc3n4S(=O)(=O)c3ccccc3)cc2)CC1. The number of fused-ring (bicyclic) bond motifs is 3. The molecule has 0 radical (unpaired) electrons. The van der Waals surface area contributed by atoms with Crippen molar-refractivity contribution in [1.82, 2.24) is 13.9 Å². The van der Waals surface area contributed by atoms with Crippen LogP contribution in [0.5, 0.6) is 0 Å². The summed E-state index contributed by atoms with van der Waals surface area (Å²) < 4.78 is 28.6. The van der Waals surface area contributed by atoms with Crippen molar-refractivity contribution in [2.45, 2.75) is 4.90 Å². The number of hydrogen-bond donors (Lipinski definition) is 0. The van der Waals surface area contributed by atoms with Crippen LogP contribution in [0.2, 0.25) is 5.02 Å². The van der Waals surface area contributed by atoms with Crippen LogP contribution < -0.4 is 4.90 Å². The Bertz CT molecular complexity index is 1670. The molecule has 0 N–H and O–H groups in total. The van der Waals surface area contributed by atoms with Crippen LogP contribution in [0.15, 0.2) is 90.0 Å².